The van der Waals surface area contributed by atoms with Crippen molar-refractivity contribution in [3.8, 4) is 28.8 Å². The molecule has 2 atom stereocenters. The monoisotopic (exact) mass is 733 g/mol. The Hall–Kier alpha value is -4.31. The summed E-state index contributed by atoms with van der Waals surface area (Å²) in [4.78, 5) is 25.9. The molecule has 3 aromatic heterocycles. The normalized spacial score (nSPS) is 19.1. The fourth-order valence-corrected chi connectivity index (χ4v) is 8.08. The van der Waals surface area contributed by atoms with Crippen LogP contribution in [0.25, 0.3) is 22.2 Å². The summed E-state index contributed by atoms with van der Waals surface area (Å²) in [7, 11) is 1.59. The fourth-order valence-electron chi connectivity index (χ4n) is 7.41. The van der Waals surface area contributed by atoms with Gasteiger partial charge in [-0.15, -0.1) is 0 Å². The summed E-state index contributed by atoms with van der Waals surface area (Å²) in [5, 5.41) is 17.0. The van der Waals surface area contributed by atoms with E-state index >= 15 is 0 Å². The smallest absolute Gasteiger partial charge is 0.410 e. The first-order valence-electron chi connectivity index (χ1n) is 17.2. The van der Waals surface area contributed by atoms with Crippen LogP contribution in [0.1, 0.15) is 83.3 Å². The van der Waals surface area contributed by atoms with Gasteiger partial charge in [-0.1, -0.05) is 23.2 Å². The molecule has 3 saturated heterocycles. The second-order valence-corrected chi connectivity index (χ2v) is 15.2. The molecule has 12 nitrogen and oxygen atoms in total. The zero-order chi connectivity index (χ0) is 36.1. The van der Waals surface area contributed by atoms with Crippen LogP contribution in [-0.2, 0) is 9.47 Å². The average Bonchev–Trinajstić information content (AvgIpc) is 3.69. The molecule has 1 aromatic carbocycles. The molecule has 0 radical (unpaired) electrons. The number of carbonyl (C=O) groups is 1. The van der Waals surface area contributed by atoms with Crippen molar-refractivity contribution >= 4 is 46.0 Å². The van der Waals surface area contributed by atoms with E-state index in [-0.39, 0.29) is 17.9 Å². The molecule has 268 valence electrons. The number of amides is 1. The molecule has 3 aliphatic heterocycles. The van der Waals surface area contributed by atoms with Crippen molar-refractivity contribution in [1.82, 2.24) is 24.6 Å². The zero-order valence-electron chi connectivity index (χ0n) is 29.4. The highest BCUT2D eigenvalue weighted by Crippen LogP contribution is 2.44. The highest BCUT2D eigenvalue weighted by molar-refractivity contribution is 6.35. The Kier molecular flexibility index (Phi) is 9.41. The second kappa shape index (κ2) is 13.7. The van der Waals surface area contributed by atoms with E-state index in [1.807, 2.05) is 55.5 Å². The number of nitrogens with zero attached hydrogens (tertiary/aromatic N) is 7. The van der Waals surface area contributed by atoms with E-state index in [9.17, 15) is 10.1 Å². The van der Waals surface area contributed by atoms with E-state index in [2.05, 4.69) is 16.0 Å². The van der Waals surface area contributed by atoms with Crippen molar-refractivity contribution in [3.63, 3.8) is 0 Å². The number of nitriles is 1. The van der Waals surface area contributed by atoms with E-state index in [0.29, 0.717) is 76.0 Å². The molecule has 0 bridgehead atoms. The van der Waals surface area contributed by atoms with Gasteiger partial charge in [-0.3, -0.25) is 9.88 Å². The molecule has 6 heterocycles. The fraction of sp³-hybridized carbons (Fsp3) is 0.486. The summed E-state index contributed by atoms with van der Waals surface area (Å²) in [5.74, 6) is 1.55. The lowest BCUT2D eigenvalue weighted by atomic mass is 9.86. The van der Waals surface area contributed by atoms with Gasteiger partial charge in [-0.25, -0.2) is 14.5 Å². The van der Waals surface area contributed by atoms with Crippen LogP contribution in [0.2, 0.25) is 10.0 Å². The SMILES string of the molecule is COc1cc2c(cc1O[C@H](C)c1c(Cl)cncc1Cl)c(-c1cnc(N3CC4(CCCN4C(=O)OC(C)(C)C)C3)c(C#N)c1)nn2C1CCCCO1. The summed E-state index contributed by atoms with van der Waals surface area (Å²) < 4.78 is 26.0. The Morgan fingerprint density at radius 1 is 1.10 bits per heavy atom. The van der Waals surface area contributed by atoms with Crippen LogP contribution in [0.4, 0.5) is 10.6 Å². The minimum Gasteiger partial charge on any atom is -0.493 e. The van der Waals surface area contributed by atoms with Gasteiger partial charge in [0, 0.05) is 67.4 Å². The standard InChI is InChI=1S/C37H41Cl2N7O5/c1-22(32-26(38)18-41-19-27(32)39)50-30-14-25-28(15-29(30)48-5)46(31-9-6-7-12-49-31)43-33(25)24-13-23(16-40)34(42-17-24)44-20-37(21-44)10-8-11-45(37)35(47)51-36(2,3)4/h13-15,17-19,22,31H,6-12,20-21H2,1-5H3/t22-,31?/m1/s1. The molecule has 4 aromatic rings. The minimum absolute atomic E-state index is 0.265. The summed E-state index contributed by atoms with van der Waals surface area (Å²) in [5.41, 5.74) is 2.22. The molecule has 0 aliphatic carbocycles. The number of anilines is 1. The van der Waals surface area contributed by atoms with Crippen molar-refractivity contribution in [3.05, 3.63) is 58.0 Å². The van der Waals surface area contributed by atoms with Gasteiger partial charge in [0.25, 0.3) is 0 Å². The van der Waals surface area contributed by atoms with E-state index in [4.69, 9.17) is 52.2 Å². The molecule has 3 aliphatic rings. The Morgan fingerprint density at radius 3 is 2.53 bits per heavy atom. The number of aromatic nitrogens is 4. The van der Waals surface area contributed by atoms with E-state index in [1.54, 1.807) is 13.3 Å². The number of hydrogen-bond donors (Lipinski definition) is 0. The van der Waals surface area contributed by atoms with Crippen LogP contribution in [-0.4, -0.2) is 75.2 Å². The van der Waals surface area contributed by atoms with Crippen LogP contribution in [0.5, 0.6) is 11.5 Å². The number of pyridine rings is 2. The van der Waals surface area contributed by atoms with Gasteiger partial charge in [-0.05, 0) is 71.9 Å². The molecule has 1 amide bonds. The van der Waals surface area contributed by atoms with Crippen molar-refractivity contribution in [2.75, 3.05) is 38.3 Å². The summed E-state index contributed by atoms with van der Waals surface area (Å²) in [6.45, 7) is 9.93. The van der Waals surface area contributed by atoms with Gasteiger partial charge in [0.05, 0.1) is 33.8 Å². The second-order valence-electron chi connectivity index (χ2n) is 14.4. The number of ether oxygens (including phenoxy) is 4. The highest BCUT2D eigenvalue weighted by atomic mass is 35.5. The van der Waals surface area contributed by atoms with Crippen LogP contribution in [0.3, 0.4) is 0 Å². The van der Waals surface area contributed by atoms with Crippen LogP contribution in [0.15, 0.2) is 36.8 Å². The number of carbonyl (C=O) groups excluding carboxylic acids is 1. The number of fused-ring (bicyclic) bond motifs is 1. The van der Waals surface area contributed by atoms with E-state index < -0.39 is 11.7 Å². The quantitative estimate of drug-likeness (QED) is 0.184. The van der Waals surface area contributed by atoms with Crippen molar-refractivity contribution in [1.29, 1.82) is 5.26 Å². The molecule has 3 fully saturated rings. The number of benzene rings is 1. The predicted molar refractivity (Wildman–Crippen MR) is 193 cm³/mol. The summed E-state index contributed by atoms with van der Waals surface area (Å²) in [6.07, 6.45) is 8.32. The first kappa shape index (κ1) is 35.1. The topological polar surface area (TPSA) is 128 Å². The van der Waals surface area contributed by atoms with Gasteiger partial charge < -0.3 is 23.8 Å². The lowest BCUT2D eigenvalue weighted by Crippen LogP contribution is -2.69. The maximum absolute atomic E-state index is 13.1. The minimum atomic E-state index is -0.576. The number of halogens is 2. The third-order valence-electron chi connectivity index (χ3n) is 9.76. The molecule has 1 unspecified atom stereocenters. The number of hydrogen-bond acceptors (Lipinski definition) is 10. The molecular weight excluding hydrogens is 693 g/mol. The number of methoxy groups -OCH3 is 1. The summed E-state index contributed by atoms with van der Waals surface area (Å²) >= 11 is 12.9. The predicted octanol–water partition coefficient (Wildman–Crippen LogP) is 8.11. The average molecular weight is 735 g/mol. The maximum Gasteiger partial charge on any atom is 0.410 e. The van der Waals surface area contributed by atoms with Crippen LogP contribution < -0.4 is 14.4 Å². The van der Waals surface area contributed by atoms with Gasteiger partial charge >= 0.3 is 6.09 Å². The summed E-state index contributed by atoms with van der Waals surface area (Å²) in [6, 6.07) is 7.97. The molecule has 14 heteroatoms. The van der Waals surface area contributed by atoms with Crippen molar-refractivity contribution in [2.24, 2.45) is 0 Å². The van der Waals surface area contributed by atoms with E-state index in [1.165, 1.54) is 12.4 Å². The highest BCUT2D eigenvalue weighted by Gasteiger charge is 2.54. The Balaban J connectivity index is 1.24. The molecule has 0 saturated carbocycles. The van der Waals surface area contributed by atoms with Gasteiger partial charge in [-0.2, -0.15) is 10.4 Å². The molecule has 1 spiro atoms. The van der Waals surface area contributed by atoms with Crippen LogP contribution in [0, 0.1) is 11.3 Å². The van der Waals surface area contributed by atoms with Crippen molar-refractivity contribution in [2.45, 2.75) is 83.3 Å². The van der Waals surface area contributed by atoms with Crippen LogP contribution >= 0.6 is 23.2 Å². The lowest BCUT2D eigenvalue weighted by molar-refractivity contribution is -0.0365. The third-order valence-corrected chi connectivity index (χ3v) is 10.4. The Morgan fingerprint density at radius 2 is 1.86 bits per heavy atom. The Labute approximate surface area is 307 Å². The lowest BCUT2D eigenvalue weighted by Gasteiger charge is -2.53. The van der Waals surface area contributed by atoms with E-state index in [0.717, 1.165) is 43.0 Å². The first-order chi connectivity index (χ1) is 24.4. The van der Waals surface area contributed by atoms with Gasteiger partial charge in [0.2, 0.25) is 0 Å². The third kappa shape index (κ3) is 6.63. The first-order valence-corrected chi connectivity index (χ1v) is 18.0. The van der Waals surface area contributed by atoms with Crippen molar-refractivity contribution < 1.29 is 23.7 Å². The number of rotatable bonds is 7. The molecule has 7 rings (SSSR count). The number of likely N-dealkylation sites (tertiary alicyclic amines) is 1. The Bertz CT molecular complexity index is 1990. The maximum atomic E-state index is 13.1. The van der Waals surface area contributed by atoms with Gasteiger partial charge in [0.1, 0.15) is 29.3 Å². The zero-order valence-corrected chi connectivity index (χ0v) is 30.9. The molecule has 51 heavy (non-hydrogen) atoms. The largest absolute Gasteiger partial charge is 0.493 e. The van der Waals surface area contributed by atoms with Gasteiger partial charge in [0.15, 0.2) is 17.7 Å². The molecular formula is C37H41Cl2N7O5. The molecule has 0 N–H and O–H groups in total.